The Morgan fingerprint density at radius 2 is 1.62 bits per heavy atom. The number of aliphatic hydroxyl groups is 1. The van der Waals surface area contributed by atoms with Crippen molar-refractivity contribution in [1.82, 2.24) is 9.80 Å². The van der Waals surface area contributed by atoms with Crippen molar-refractivity contribution in [3.8, 4) is 0 Å². The number of hydrogen-bond donors (Lipinski definition) is 2. The van der Waals surface area contributed by atoms with Gasteiger partial charge in [0.05, 0.1) is 13.2 Å². The highest BCUT2D eigenvalue weighted by atomic mass is 16.3. The van der Waals surface area contributed by atoms with Crippen LogP contribution in [0, 0.1) is 5.92 Å². The number of nitrogens with zero attached hydrogens (tertiary/aromatic N) is 2. The van der Waals surface area contributed by atoms with Gasteiger partial charge in [-0.1, -0.05) is 44.2 Å². The second-order valence-electron chi connectivity index (χ2n) is 7.71. The number of aliphatic hydroxyl groups excluding tert-OH is 1. The summed E-state index contributed by atoms with van der Waals surface area (Å²) >= 11 is 0. The number of carbonyl (C=O) groups is 2. The lowest BCUT2D eigenvalue weighted by Gasteiger charge is -2.32. The molecule has 0 aliphatic heterocycles. The van der Waals surface area contributed by atoms with Crippen LogP contribution in [0.5, 0.6) is 0 Å². The van der Waals surface area contributed by atoms with Crippen LogP contribution >= 0.6 is 0 Å². The average Bonchev–Trinajstić information content (AvgIpc) is 2.68. The highest BCUT2D eigenvalue weighted by Gasteiger charge is 2.23. The molecule has 1 atom stereocenters. The van der Waals surface area contributed by atoms with Gasteiger partial charge in [0.15, 0.2) is 0 Å². The Morgan fingerprint density at radius 3 is 2.14 bits per heavy atom. The molecule has 29 heavy (non-hydrogen) atoms. The Morgan fingerprint density at radius 1 is 1.00 bits per heavy atom. The summed E-state index contributed by atoms with van der Waals surface area (Å²) in [5.41, 5.74) is 2.29. The van der Waals surface area contributed by atoms with Gasteiger partial charge in [0.2, 0.25) is 5.91 Å². The van der Waals surface area contributed by atoms with Gasteiger partial charge in [0, 0.05) is 37.9 Å². The lowest BCUT2D eigenvalue weighted by Crippen LogP contribution is -2.45. The van der Waals surface area contributed by atoms with Crippen LogP contribution in [0.1, 0.15) is 29.8 Å². The van der Waals surface area contributed by atoms with Gasteiger partial charge in [-0.15, -0.1) is 0 Å². The minimum absolute atomic E-state index is 0.0148. The molecule has 2 amide bonds. The molecule has 2 aromatic carbocycles. The van der Waals surface area contributed by atoms with Gasteiger partial charge < -0.3 is 15.3 Å². The van der Waals surface area contributed by atoms with Crippen LogP contribution < -0.4 is 5.32 Å². The first-order valence-electron chi connectivity index (χ1n) is 9.82. The molecule has 0 aliphatic carbocycles. The number of benzene rings is 2. The van der Waals surface area contributed by atoms with Crippen LogP contribution in [-0.4, -0.2) is 60.0 Å². The molecule has 0 spiro atoms. The Labute approximate surface area is 173 Å². The third kappa shape index (κ3) is 6.69. The average molecular weight is 398 g/mol. The molecule has 156 valence electrons. The summed E-state index contributed by atoms with van der Waals surface area (Å²) in [5, 5.41) is 12.7. The maximum Gasteiger partial charge on any atom is 0.253 e. The zero-order valence-electron chi connectivity index (χ0n) is 17.6. The summed E-state index contributed by atoms with van der Waals surface area (Å²) in [7, 11) is 3.40. The van der Waals surface area contributed by atoms with Crippen molar-refractivity contribution in [2.24, 2.45) is 5.92 Å². The van der Waals surface area contributed by atoms with E-state index in [1.54, 1.807) is 38.4 Å². The molecule has 0 saturated heterocycles. The topological polar surface area (TPSA) is 72.9 Å². The van der Waals surface area contributed by atoms with Gasteiger partial charge in [-0.3, -0.25) is 14.5 Å². The summed E-state index contributed by atoms with van der Waals surface area (Å²) < 4.78 is 0. The highest BCUT2D eigenvalue weighted by molar-refractivity contribution is 5.96. The zero-order chi connectivity index (χ0) is 21.4. The summed E-state index contributed by atoms with van der Waals surface area (Å²) in [6, 6.07) is 16.6. The van der Waals surface area contributed by atoms with Crippen molar-refractivity contribution in [2.45, 2.75) is 26.4 Å². The molecular formula is C23H31N3O3. The van der Waals surface area contributed by atoms with E-state index in [2.05, 4.69) is 5.32 Å². The molecule has 0 heterocycles. The van der Waals surface area contributed by atoms with Crippen molar-refractivity contribution in [2.75, 3.05) is 32.6 Å². The molecule has 2 N–H and O–H groups in total. The molecule has 2 rings (SSSR count). The van der Waals surface area contributed by atoms with Gasteiger partial charge in [-0.25, -0.2) is 0 Å². The van der Waals surface area contributed by atoms with Crippen LogP contribution in [-0.2, 0) is 11.3 Å². The molecule has 0 saturated carbocycles. The molecule has 0 bridgehead atoms. The summed E-state index contributed by atoms with van der Waals surface area (Å²) in [6.07, 6.45) is 0. The first-order chi connectivity index (χ1) is 13.8. The lowest BCUT2D eigenvalue weighted by atomic mass is 10.0. The molecule has 0 aliphatic rings. The van der Waals surface area contributed by atoms with Gasteiger partial charge >= 0.3 is 0 Å². The number of hydrogen-bond acceptors (Lipinski definition) is 4. The van der Waals surface area contributed by atoms with E-state index in [-0.39, 0.29) is 36.9 Å². The van der Waals surface area contributed by atoms with Crippen molar-refractivity contribution >= 4 is 17.5 Å². The van der Waals surface area contributed by atoms with Crippen LogP contribution in [0.3, 0.4) is 0 Å². The molecule has 2 aromatic rings. The maximum atomic E-state index is 12.7. The summed E-state index contributed by atoms with van der Waals surface area (Å²) in [6.45, 7) is 4.80. The summed E-state index contributed by atoms with van der Waals surface area (Å²) in [5.74, 6) is -0.0424. The van der Waals surface area contributed by atoms with E-state index in [4.69, 9.17) is 0 Å². The van der Waals surface area contributed by atoms with Gasteiger partial charge in [0.25, 0.3) is 5.91 Å². The molecule has 1 unspecified atom stereocenters. The van der Waals surface area contributed by atoms with E-state index >= 15 is 0 Å². The van der Waals surface area contributed by atoms with E-state index in [1.165, 1.54) is 4.90 Å². The van der Waals surface area contributed by atoms with Crippen LogP contribution in [0.2, 0.25) is 0 Å². The zero-order valence-corrected chi connectivity index (χ0v) is 17.6. The summed E-state index contributed by atoms with van der Waals surface area (Å²) in [4.78, 5) is 28.2. The number of nitrogens with one attached hydrogen (secondary N) is 1. The number of rotatable bonds is 9. The quantitative estimate of drug-likeness (QED) is 0.682. The predicted octanol–water partition coefficient (Wildman–Crippen LogP) is 2.85. The van der Waals surface area contributed by atoms with E-state index in [0.29, 0.717) is 17.8 Å². The molecule has 6 nitrogen and oxygen atoms in total. The van der Waals surface area contributed by atoms with Crippen LogP contribution in [0.15, 0.2) is 54.6 Å². The fourth-order valence-electron chi connectivity index (χ4n) is 3.20. The Balaban J connectivity index is 2.07. The lowest BCUT2D eigenvalue weighted by molar-refractivity contribution is -0.118. The number of carbonyl (C=O) groups excluding carboxylic acids is 2. The fraction of sp³-hybridized carbons (Fsp3) is 0.391. The van der Waals surface area contributed by atoms with Crippen molar-refractivity contribution in [3.63, 3.8) is 0 Å². The van der Waals surface area contributed by atoms with Gasteiger partial charge in [-0.2, -0.15) is 0 Å². The maximum absolute atomic E-state index is 12.7. The second kappa shape index (κ2) is 10.7. The highest BCUT2D eigenvalue weighted by Crippen LogP contribution is 2.16. The van der Waals surface area contributed by atoms with E-state index < -0.39 is 0 Å². The Bertz CT molecular complexity index is 789. The van der Waals surface area contributed by atoms with E-state index in [1.807, 2.05) is 49.1 Å². The van der Waals surface area contributed by atoms with Crippen molar-refractivity contribution in [1.29, 1.82) is 0 Å². The normalized spacial score (nSPS) is 12.1. The SMILES string of the molecule is CC(C)C(CO)N(CC(=O)Nc1ccc(C(=O)N(C)C)cc1)Cc1ccccc1. The second-order valence-corrected chi connectivity index (χ2v) is 7.71. The Hall–Kier alpha value is -2.70. The van der Waals surface area contributed by atoms with Crippen molar-refractivity contribution < 1.29 is 14.7 Å². The van der Waals surface area contributed by atoms with Crippen LogP contribution in [0.4, 0.5) is 5.69 Å². The number of amides is 2. The first kappa shape index (κ1) is 22.6. The third-order valence-electron chi connectivity index (χ3n) is 4.82. The van der Waals surface area contributed by atoms with Gasteiger partial charge in [0.1, 0.15) is 0 Å². The molecule has 0 radical (unpaired) electrons. The minimum Gasteiger partial charge on any atom is -0.395 e. The van der Waals surface area contributed by atoms with E-state index in [0.717, 1.165) is 5.56 Å². The van der Waals surface area contributed by atoms with Gasteiger partial charge in [-0.05, 0) is 35.7 Å². The molecular weight excluding hydrogens is 366 g/mol. The Kier molecular flexibility index (Phi) is 8.36. The smallest absolute Gasteiger partial charge is 0.253 e. The van der Waals surface area contributed by atoms with E-state index in [9.17, 15) is 14.7 Å². The minimum atomic E-state index is -0.160. The third-order valence-corrected chi connectivity index (χ3v) is 4.82. The monoisotopic (exact) mass is 397 g/mol. The first-order valence-corrected chi connectivity index (χ1v) is 9.82. The molecule has 0 fully saturated rings. The van der Waals surface area contributed by atoms with Crippen molar-refractivity contribution in [3.05, 3.63) is 65.7 Å². The molecule has 6 heteroatoms. The predicted molar refractivity (Wildman–Crippen MR) is 116 cm³/mol. The number of anilines is 1. The van der Waals surface area contributed by atoms with Crippen LogP contribution in [0.25, 0.3) is 0 Å². The molecule has 0 aromatic heterocycles. The standard InChI is InChI=1S/C23H31N3O3/c1-17(2)21(16-27)26(14-18-8-6-5-7-9-18)15-22(28)24-20-12-10-19(11-13-20)23(29)25(3)4/h5-13,17,21,27H,14-16H2,1-4H3,(H,24,28). The largest absolute Gasteiger partial charge is 0.395 e. The fourth-order valence-corrected chi connectivity index (χ4v) is 3.20.